The zero-order valence-electron chi connectivity index (χ0n) is 13.8. The van der Waals surface area contributed by atoms with Crippen LogP contribution in [0, 0.1) is 0 Å². The first-order valence-corrected chi connectivity index (χ1v) is 8.17. The number of amides is 1. The number of rotatable bonds is 7. The van der Waals surface area contributed by atoms with E-state index < -0.39 is 0 Å². The molecule has 2 aromatic rings. The number of ketones is 1. The Morgan fingerprint density at radius 3 is 1.87 bits per heavy atom. The van der Waals surface area contributed by atoms with Gasteiger partial charge in [-0.1, -0.05) is 62.4 Å². The van der Waals surface area contributed by atoms with Crippen molar-refractivity contribution < 1.29 is 9.59 Å². The number of carbonyl (C=O) groups excluding carboxylic acids is 2. The largest absolute Gasteiger partial charge is 0.339 e. The van der Waals surface area contributed by atoms with Crippen LogP contribution in [-0.4, -0.2) is 29.7 Å². The molecule has 120 valence electrons. The lowest BCUT2D eigenvalue weighted by Crippen LogP contribution is -2.33. The van der Waals surface area contributed by atoms with Gasteiger partial charge in [0.25, 0.3) is 5.91 Å². The second kappa shape index (κ2) is 8.28. The zero-order chi connectivity index (χ0) is 16.7. The van der Waals surface area contributed by atoms with Gasteiger partial charge in [-0.15, -0.1) is 0 Å². The molecular formula is C20H23NO2. The summed E-state index contributed by atoms with van der Waals surface area (Å²) in [6.07, 6.45) is 1.81. The Hall–Kier alpha value is -2.42. The van der Waals surface area contributed by atoms with Gasteiger partial charge in [-0.2, -0.15) is 0 Å². The number of hydrogen-bond acceptors (Lipinski definition) is 2. The minimum atomic E-state index is -0.109. The SMILES string of the molecule is CCCN(CCC)C(=O)c1ccccc1C(=O)c1ccccc1. The van der Waals surface area contributed by atoms with Crippen molar-refractivity contribution in [3.8, 4) is 0 Å². The zero-order valence-corrected chi connectivity index (χ0v) is 13.8. The highest BCUT2D eigenvalue weighted by Gasteiger charge is 2.21. The Kier molecular flexibility index (Phi) is 6.10. The fourth-order valence-electron chi connectivity index (χ4n) is 2.64. The minimum Gasteiger partial charge on any atom is -0.339 e. The molecule has 0 spiro atoms. The summed E-state index contributed by atoms with van der Waals surface area (Å²) in [4.78, 5) is 27.4. The van der Waals surface area contributed by atoms with Crippen molar-refractivity contribution in [3.05, 3.63) is 71.3 Å². The van der Waals surface area contributed by atoms with Crippen molar-refractivity contribution in [2.45, 2.75) is 26.7 Å². The molecule has 0 fully saturated rings. The fraction of sp³-hybridized carbons (Fsp3) is 0.300. The highest BCUT2D eigenvalue weighted by atomic mass is 16.2. The van der Waals surface area contributed by atoms with E-state index in [2.05, 4.69) is 13.8 Å². The summed E-state index contributed by atoms with van der Waals surface area (Å²) >= 11 is 0. The van der Waals surface area contributed by atoms with Crippen molar-refractivity contribution in [2.24, 2.45) is 0 Å². The van der Waals surface area contributed by atoms with Crippen LogP contribution in [0.4, 0.5) is 0 Å². The Morgan fingerprint density at radius 2 is 1.30 bits per heavy atom. The molecule has 0 unspecified atom stereocenters. The fourth-order valence-corrected chi connectivity index (χ4v) is 2.64. The van der Waals surface area contributed by atoms with E-state index in [0.29, 0.717) is 29.8 Å². The van der Waals surface area contributed by atoms with Gasteiger partial charge < -0.3 is 4.90 Å². The minimum absolute atomic E-state index is 0.0615. The summed E-state index contributed by atoms with van der Waals surface area (Å²) in [5.74, 6) is -0.170. The van der Waals surface area contributed by atoms with E-state index in [1.807, 2.05) is 29.2 Å². The quantitative estimate of drug-likeness (QED) is 0.720. The van der Waals surface area contributed by atoms with E-state index in [1.54, 1.807) is 30.3 Å². The van der Waals surface area contributed by atoms with Crippen LogP contribution in [0.25, 0.3) is 0 Å². The first-order valence-electron chi connectivity index (χ1n) is 8.17. The molecule has 0 N–H and O–H groups in total. The lowest BCUT2D eigenvalue weighted by Gasteiger charge is -2.22. The van der Waals surface area contributed by atoms with Gasteiger partial charge in [0.2, 0.25) is 0 Å². The van der Waals surface area contributed by atoms with Crippen LogP contribution < -0.4 is 0 Å². The first kappa shape index (κ1) is 16.9. The van der Waals surface area contributed by atoms with Gasteiger partial charge in [-0.25, -0.2) is 0 Å². The monoisotopic (exact) mass is 309 g/mol. The molecule has 0 bridgehead atoms. The molecule has 0 radical (unpaired) electrons. The molecule has 3 nitrogen and oxygen atoms in total. The smallest absolute Gasteiger partial charge is 0.254 e. The van der Waals surface area contributed by atoms with Crippen LogP contribution in [-0.2, 0) is 0 Å². The Labute approximate surface area is 137 Å². The number of hydrogen-bond donors (Lipinski definition) is 0. The molecule has 0 aliphatic rings. The van der Waals surface area contributed by atoms with Crippen LogP contribution >= 0.6 is 0 Å². The average Bonchev–Trinajstić information content (AvgIpc) is 2.61. The summed E-state index contributed by atoms with van der Waals surface area (Å²) in [6, 6.07) is 16.2. The van der Waals surface area contributed by atoms with Crippen molar-refractivity contribution in [3.63, 3.8) is 0 Å². The molecule has 0 atom stereocenters. The normalized spacial score (nSPS) is 10.3. The number of nitrogens with zero attached hydrogens (tertiary/aromatic N) is 1. The molecule has 2 aromatic carbocycles. The molecule has 0 aromatic heterocycles. The maximum absolute atomic E-state index is 12.9. The predicted octanol–water partition coefficient (Wildman–Crippen LogP) is 4.18. The predicted molar refractivity (Wildman–Crippen MR) is 92.8 cm³/mol. The third kappa shape index (κ3) is 4.07. The molecule has 0 aliphatic carbocycles. The molecule has 0 aliphatic heterocycles. The number of carbonyl (C=O) groups is 2. The lowest BCUT2D eigenvalue weighted by atomic mass is 9.97. The van der Waals surface area contributed by atoms with Gasteiger partial charge in [-0.05, 0) is 18.9 Å². The van der Waals surface area contributed by atoms with E-state index in [1.165, 1.54) is 0 Å². The lowest BCUT2D eigenvalue weighted by molar-refractivity contribution is 0.0751. The maximum Gasteiger partial charge on any atom is 0.254 e. The Balaban J connectivity index is 2.37. The van der Waals surface area contributed by atoms with Crippen LogP contribution in [0.5, 0.6) is 0 Å². The molecular weight excluding hydrogens is 286 g/mol. The highest BCUT2D eigenvalue weighted by molar-refractivity contribution is 6.15. The van der Waals surface area contributed by atoms with Gasteiger partial charge in [0.1, 0.15) is 0 Å². The number of benzene rings is 2. The van der Waals surface area contributed by atoms with E-state index in [-0.39, 0.29) is 11.7 Å². The average molecular weight is 309 g/mol. The van der Waals surface area contributed by atoms with Crippen LogP contribution in [0.1, 0.15) is 53.0 Å². The Bertz CT molecular complexity index is 658. The van der Waals surface area contributed by atoms with Gasteiger partial charge in [0, 0.05) is 24.2 Å². The van der Waals surface area contributed by atoms with Crippen LogP contribution in [0.15, 0.2) is 54.6 Å². The van der Waals surface area contributed by atoms with Crippen molar-refractivity contribution in [1.29, 1.82) is 0 Å². The second-order valence-electron chi connectivity index (χ2n) is 5.53. The van der Waals surface area contributed by atoms with Gasteiger partial charge >= 0.3 is 0 Å². The van der Waals surface area contributed by atoms with Gasteiger partial charge in [-0.3, -0.25) is 9.59 Å². The van der Waals surface area contributed by atoms with Crippen molar-refractivity contribution >= 4 is 11.7 Å². The second-order valence-corrected chi connectivity index (χ2v) is 5.53. The summed E-state index contributed by atoms with van der Waals surface area (Å²) in [6.45, 7) is 5.52. The summed E-state index contributed by atoms with van der Waals surface area (Å²) in [5, 5.41) is 0. The molecule has 3 heteroatoms. The highest BCUT2D eigenvalue weighted by Crippen LogP contribution is 2.17. The standard InChI is InChI=1S/C20H23NO2/c1-3-14-21(15-4-2)20(23)18-13-9-8-12-17(18)19(22)16-10-6-5-7-11-16/h5-13H,3-4,14-15H2,1-2H3. The summed E-state index contributed by atoms with van der Waals surface area (Å²) in [7, 11) is 0. The van der Waals surface area contributed by atoms with E-state index in [0.717, 1.165) is 12.8 Å². The maximum atomic E-state index is 12.9. The molecule has 0 saturated carbocycles. The first-order chi connectivity index (χ1) is 11.2. The van der Waals surface area contributed by atoms with Crippen molar-refractivity contribution in [2.75, 3.05) is 13.1 Å². The molecule has 23 heavy (non-hydrogen) atoms. The molecule has 0 saturated heterocycles. The third-order valence-corrected chi connectivity index (χ3v) is 3.71. The van der Waals surface area contributed by atoms with Crippen molar-refractivity contribution in [1.82, 2.24) is 4.90 Å². The molecule has 1 amide bonds. The topological polar surface area (TPSA) is 37.4 Å². The van der Waals surface area contributed by atoms with Crippen LogP contribution in [0.3, 0.4) is 0 Å². The van der Waals surface area contributed by atoms with Crippen LogP contribution in [0.2, 0.25) is 0 Å². The third-order valence-electron chi connectivity index (χ3n) is 3.71. The Morgan fingerprint density at radius 1 is 0.783 bits per heavy atom. The van der Waals surface area contributed by atoms with E-state index in [4.69, 9.17) is 0 Å². The molecule has 0 heterocycles. The summed E-state index contributed by atoms with van der Waals surface area (Å²) in [5.41, 5.74) is 1.56. The summed E-state index contributed by atoms with van der Waals surface area (Å²) < 4.78 is 0. The van der Waals surface area contributed by atoms with Gasteiger partial charge in [0.15, 0.2) is 5.78 Å². The van der Waals surface area contributed by atoms with Gasteiger partial charge in [0.05, 0.1) is 5.56 Å². The van der Waals surface area contributed by atoms with E-state index >= 15 is 0 Å². The molecule has 2 rings (SSSR count). The van der Waals surface area contributed by atoms with E-state index in [9.17, 15) is 9.59 Å².